The lowest BCUT2D eigenvalue weighted by atomic mass is 10.2. The number of ether oxygens (including phenoxy) is 1. The van der Waals surface area contributed by atoms with Crippen LogP contribution in [0.25, 0.3) is 5.65 Å². The van der Waals surface area contributed by atoms with E-state index in [1.165, 1.54) is 12.8 Å². The highest BCUT2D eigenvalue weighted by Crippen LogP contribution is 2.17. The van der Waals surface area contributed by atoms with Gasteiger partial charge in [-0.1, -0.05) is 12.8 Å². The number of hydrogen-bond acceptors (Lipinski definition) is 5. The smallest absolute Gasteiger partial charge is 0.259 e. The molecule has 2 amide bonds. The Hall–Kier alpha value is -2.48. The highest BCUT2D eigenvalue weighted by Gasteiger charge is 2.33. The van der Waals surface area contributed by atoms with Crippen molar-refractivity contribution in [1.29, 1.82) is 0 Å². The monoisotopic (exact) mass is 371 g/mol. The molecule has 2 aliphatic heterocycles. The van der Waals surface area contributed by atoms with Gasteiger partial charge >= 0.3 is 0 Å². The summed E-state index contributed by atoms with van der Waals surface area (Å²) in [7, 11) is 0. The van der Waals surface area contributed by atoms with Gasteiger partial charge in [-0.2, -0.15) is 5.10 Å². The minimum absolute atomic E-state index is 0.00279. The number of likely N-dealkylation sites (tertiary alicyclic amines) is 1. The molecule has 27 heavy (non-hydrogen) atoms. The van der Waals surface area contributed by atoms with Crippen molar-refractivity contribution >= 4 is 17.5 Å². The first-order valence-electron chi connectivity index (χ1n) is 9.63. The minimum Gasteiger partial charge on any atom is -0.365 e. The van der Waals surface area contributed by atoms with Crippen molar-refractivity contribution < 1.29 is 14.3 Å². The SMILES string of the molecule is Cc1cnc2c(C(=O)N3CCO[C@@H](C(=O)N4CCCCCC4)C3)cnn2c1. The molecule has 4 rings (SSSR count). The Morgan fingerprint density at radius 2 is 1.85 bits per heavy atom. The molecule has 4 heterocycles. The molecule has 144 valence electrons. The number of morpholine rings is 1. The van der Waals surface area contributed by atoms with Crippen LogP contribution in [-0.4, -0.2) is 75.1 Å². The van der Waals surface area contributed by atoms with Crippen LogP contribution in [0.2, 0.25) is 0 Å². The Labute approximate surface area is 158 Å². The second-order valence-corrected chi connectivity index (χ2v) is 7.31. The van der Waals surface area contributed by atoms with Crippen LogP contribution in [0.3, 0.4) is 0 Å². The molecule has 0 radical (unpaired) electrons. The fraction of sp³-hybridized carbons (Fsp3) is 0.579. The normalized spacial score (nSPS) is 21.3. The summed E-state index contributed by atoms with van der Waals surface area (Å²) < 4.78 is 7.33. The van der Waals surface area contributed by atoms with E-state index in [-0.39, 0.29) is 18.4 Å². The first kappa shape index (κ1) is 17.9. The molecule has 1 atom stereocenters. The zero-order chi connectivity index (χ0) is 18.8. The van der Waals surface area contributed by atoms with Gasteiger partial charge in [0.15, 0.2) is 11.8 Å². The van der Waals surface area contributed by atoms with Crippen LogP contribution in [0, 0.1) is 6.92 Å². The third-order valence-electron chi connectivity index (χ3n) is 5.26. The van der Waals surface area contributed by atoms with E-state index >= 15 is 0 Å². The fourth-order valence-corrected chi connectivity index (χ4v) is 3.77. The number of aryl methyl sites for hydroxylation is 1. The number of hydrogen-bond donors (Lipinski definition) is 0. The Morgan fingerprint density at radius 3 is 2.63 bits per heavy atom. The van der Waals surface area contributed by atoms with Crippen molar-refractivity contribution in [3.05, 3.63) is 29.7 Å². The van der Waals surface area contributed by atoms with Crippen molar-refractivity contribution in [2.45, 2.75) is 38.7 Å². The summed E-state index contributed by atoms with van der Waals surface area (Å²) in [4.78, 5) is 33.8. The third kappa shape index (κ3) is 3.66. The summed E-state index contributed by atoms with van der Waals surface area (Å²) >= 11 is 0. The van der Waals surface area contributed by atoms with Crippen molar-refractivity contribution in [2.24, 2.45) is 0 Å². The van der Waals surface area contributed by atoms with Gasteiger partial charge < -0.3 is 14.5 Å². The molecule has 2 aromatic rings. The molecule has 2 saturated heterocycles. The van der Waals surface area contributed by atoms with Crippen LogP contribution in [0.15, 0.2) is 18.6 Å². The van der Waals surface area contributed by atoms with Crippen molar-refractivity contribution in [3.63, 3.8) is 0 Å². The molecule has 0 aliphatic carbocycles. The number of nitrogens with zero attached hydrogens (tertiary/aromatic N) is 5. The van der Waals surface area contributed by atoms with E-state index < -0.39 is 6.10 Å². The van der Waals surface area contributed by atoms with Crippen LogP contribution in [0.4, 0.5) is 0 Å². The Morgan fingerprint density at radius 1 is 1.07 bits per heavy atom. The molecule has 8 heteroatoms. The van der Waals surface area contributed by atoms with E-state index in [0.29, 0.717) is 24.4 Å². The van der Waals surface area contributed by atoms with Crippen LogP contribution >= 0.6 is 0 Å². The number of carbonyl (C=O) groups excluding carboxylic acids is 2. The fourth-order valence-electron chi connectivity index (χ4n) is 3.77. The first-order chi connectivity index (χ1) is 13.1. The highest BCUT2D eigenvalue weighted by molar-refractivity contribution is 6.00. The second kappa shape index (κ2) is 7.64. The molecule has 8 nitrogen and oxygen atoms in total. The lowest BCUT2D eigenvalue weighted by molar-refractivity contribution is -0.148. The quantitative estimate of drug-likeness (QED) is 0.795. The molecule has 2 aromatic heterocycles. The Bertz CT molecular complexity index is 841. The predicted molar refractivity (Wildman–Crippen MR) is 98.4 cm³/mol. The van der Waals surface area contributed by atoms with Gasteiger partial charge in [0.2, 0.25) is 0 Å². The third-order valence-corrected chi connectivity index (χ3v) is 5.26. The summed E-state index contributed by atoms with van der Waals surface area (Å²) in [5, 5.41) is 4.23. The van der Waals surface area contributed by atoms with Gasteiger partial charge in [-0.3, -0.25) is 9.59 Å². The second-order valence-electron chi connectivity index (χ2n) is 7.31. The topological polar surface area (TPSA) is 80.0 Å². The summed E-state index contributed by atoms with van der Waals surface area (Å²) in [6.07, 6.45) is 8.93. The van der Waals surface area contributed by atoms with Crippen molar-refractivity contribution in [2.75, 3.05) is 32.8 Å². The van der Waals surface area contributed by atoms with Crippen LogP contribution in [-0.2, 0) is 9.53 Å². The maximum Gasteiger partial charge on any atom is 0.259 e. The molecule has 0 N–H and O–H groups in total. The first-order valence-corrected chi connectivity index (χ1v) is 9.63. The van der Waals surface area contributed by atoms with E-state index in [4.69, 9.17) is 4.74 Å². The maximum atomic E-state index is 13.0. The van der Waals surface area contributed by atoms with Gasteiger partial charge in [-0.25, -0.2) is 9.50 Å². The van der Waals surface area contributed by atoms with Gasteiger partial charge in [0.1, 0.15) is 5.56 Å². The molecular weight excluding hydrogens is 346 g/mol. The van der Waals surface area contributed by atoms with E-state index in [9.17, 15) is 9.59 Å². The lowest BCUT2D eigenvalue weighted by Gasteiger charge is -2.34. The van der Waals surface area contributed by atoms with Gasteiger partial charge in [0, 0.05) is 32.0 Å². The van der Waals surface area contributed by atoms with Gasteiger partial charge in [-0.05, 0) is 25.3 Å². The number of carbonyl (C=O) groups is 2. The molecule has 0 bridgehead atoms. The summed E-state index contributed by atoms with van der Waals surface area (Å²) in [6, 6.07) is 0. The average Bonchev–Trinajstić information content (AvgIpc) is 2.91. The van der Waals surface area contributed by atoms with Gasteiger partial charge in [-0.15, -0.1) is 0 Å². The number of fused-ring (bicyclic) bond motifs is 1. The van der Waals surface area contributed by atoms with E-state index in [0.717, 1.165) is 31.5 Å². The van der Waals surface area contributed by atoms with E-state index in [1.54, 1.807) is 21.8 Å². The van der Waals surface area contributed by atoms with Crippen molar-refractivity contribution in [1.82, 2.24) is 24.4 Å². The largest absolute Gasteiger partial charge is 0.365 e. The zero-order valence-electron chi connectivity index (χ0n) is 15.6. The maximum absolute atomic E-state index is 13.0. The zero-order valence-corrected chi connectivity index (χ0v) is 15.6. The molecule has 0 spiro atoms. The lowest BCUT2D eigenvalue weighted by Crippen LogP contribution is -2.52. The number of amides is 2. The predicted octanol–water partition coefficient (Wildman–Crippen LogP) is 1.28. The van der Waals surface area contributed by atoms with Gasteiger partial charge in [0.25, 0.3) is 11.8 Å². The minimum atomic E-state index is -0.585. The van der Waals surface area contributed by atoms with Crippen LogP contribution in [0.5, 0.6) is 0 Å². The molecular formula is C19H25N5O3. The average molecular weight is 371 g/mol. The van der Waals surface area contributed by atoms with E-state index in [2.05, 4.69) is 10.1 Å². The molecule has 2 aliphatic rings. The number of aromatic nitrogens is 3. The summed E-state index contributed by atoms with van der Waals surface area (Å²) in [6.45, 7) is 4.59. The summed E-state index contributed by atoms with van der Waals surface area (Å²) in [5.74, 6) is -0.152. The summed E-state index contributed by atoms with van der Waals surface area (Å²) in [5.41, 5.74) is 1.96. The highest BCUT2D eigenvalue weighted by atomic mass is 16.5. The molecule has 2 fully saturated rings. The standard InChI is InChI=1S/C19H25N5O3/c1-14-10-20-17-15(11-21-24(17)12-14)18(25)23-8-9-27-16(13-23)19(26)22-6-4-2-3-5-7-22/h10-12,16H,2-9,13H2,1H3/t16-/m1/s1. The van der Waals surface area contributed by atoms with Crippen LogP contribution < -0.4 is 0 Å². The Balaban J connectivity index is 1.48. The van der Waals surface area contributed by atoms with Crippen molar-refractivity contribution in [3.8, 4) is 0 Å². The molecule has 0 unspecified atom stereocenters. The van der Waals surface area contributed by atoms with Gasteiger partial charge in [0.05, 0.1) is 19.3 Å². The number of rotatable bonds is 2. The van der Waals surface area contributed by atoms with Crippen LogP contribution in [0.1, 0.15) is 41.6 Å². The van der Waals surface area contributed by atoms with E-state index in [1.807, 2.05) is 18.0 Å². The molecule has 0 saturated carbocycles. The molecule has 0 aromatic carbocycles. The Kier molecular flexibility index (Phi) is 5.07.